The van der Waals surface area contributed by atoms with Crippen LogP contribution in [-0.4, -0.2) is 31.8 Å². The number of amides is 1. The Morgan fingerprint density at radius 1 is 1.26 bits per heavy atom. The summed E-state index contributed by atoms with van der Waals surface area (Å²) in [5, 5.41) is 2.99. The molecule has 5 nitrogen and oxygen atoms in total. The lowest BCUT2D eigenvalue weighted by atomic mass is 9.91. The molecular weight excluding hydrogens is 299 g/mol. The molecule has 6 heteroatoms. The lowest BCUT2D eigenvalue weighted by Gasteiger charge is -2.28. The Balaban J connectivity index is 1.71. The summed E-state index contributed by atoms with van der Waals surface area (Å²) >= 11 is 0. The summed E-state index contributed by atoms with van der Waals surface area (Å²) in [6.07, 6.45) is 3.11. The van der Waals surface area contributed by atoms with Crippen LogP contribution >= 0.6 is 0 Å². The number of fused-ring (bicyclic) bond motifs is 1. The fourth-order valence-corrected chi connectivity index (χ4v) is 3.26. The van der Waals surface area contributed by atoms with Gasteiger partial charge in [-0.2, -0.15) is 0 Å². The molecule has 23 heavy (non-hydrogen) atoms. The molecule has 1 saturated heterocycles. The van der Waals surface area contributed by atoms with Crippen molar-refractivity contribution in [3.8, 4) is 5.75 Å². The predicted molar refractivity (Wildman–Crippen MR) is 83.5 cm³/mol. The first-order valence-electron chi connectivity index (χ1n) is 8.21. The fraction of sp³-hybridized carbons (Fsp3) is 0.588. The topological polar surface area (TPSA) is 73.6 Å². The molecule has 0 bridgehead atoms. The number of rotatable bonds is 3. The number of halogens is 1. The Bertz CT molecular complexity index is 561. The largest absolute Gasteiger partial charge is 0.493 e. The summed E-state index contributed by atoms with van der Waals surface area (Å²) in [4.78, 5) is 12.5. The smallest absolute Gasteiger partial charge is 0.237 e. The molecule has 2 aliphatic heterocycles. The summed E-state index contributed by atoms with van der Waals surface area (Å²) in [6, 6.07) is 3.61. The summed E-state index contributed by atoms with van der Waals surface area (Å²) in [6.45, 7) is 1.87. The van der Waals surface area contributed by atoms with E-state index in [0.717, 1.165) is 19.3 Å². The summed E-state index contributed by atoms with van der Waals surface area (Å²) < 4.78 is 24.5. The summed E-state index contributed by atoms with van der Waals surface area (Å²) in [5.41, 5.74) is 6.81. The Labute approximate surface area is 135 Å². The number of hydrogen-bond acceptors (Lipinski definition) is 4. The van der Waals surface area contributed by atoms with Gasteiger partial charge in [-0.05, 0) is 49.8 Å². The van der Waals surface area contributed by atoms with Crippen LogP contribution in [0, 0.1) is 11.7 Å². The van der Waals surface area contributed by atoms with E-state index in [2.05, 4.69) is 5.32 Å². The third kappa shape index (κ3) is 3.82. The molecule has 1 amide bonds. The first-order chi connectivity index (χ1) is 11.1. The van der Waals surface area contributed by atoms with E-state index < -0.39 is 6.04 Å². The molecule has 1 fully saturated rings. The van der Waals surface area contributed by atoms with Crippen LogP contribution in [0.5, 0.6) is 5.75 Å². The molecule has 1 aromatic rings. The van der Waals surface area contributed by atoms with Gasteiger partial charge in [-0.3, -0.25) is 4.79 Å². The molecular formula is C17H23FN2O3. The van der Waals surface area contributed by atoms with E-state index in [-0.39, 0.29) is 23.7 Å². The van der Waals surface area contributed by atoms with Crippen LogP contribution in [0.2, 0.25) is 0 Å². The Morgan fingerprint density at radius 3 is 2.83 bits per heavy atom. The zero-order valence-corrected chi connectivity index (χ0v) is 13.1. The highest BCUT2D eigenvalue weighted by Gasteiger charge is 2.29. The van der Waals surface area contributed by atoms with E-state index in [1.54, 1.807) is 6.07 Å². The Morgan fingerprint density at radius 2 is 2.04 bits per heavy atom. The van der Waals surface area contributed by atoms with Crippen molar-refractivity contribution in [3.05, 3.63) is 29.6 Å². The quantitative estimate of drug-likeness (QED) is 0.891. The third-order valence-electron chi connectivity index (χ3n) is 4.64. The molecule has 0 spiro atoms. The van der Waals surface area contributed by atoms with E-state index in [4.69, 9.17) is 15.2 Å². The van der Waals surface area contributed by atoms with Gasteiger partial charge in [0, 0.05) is 18.8 Å². The van der Waals surface area contributed by atoms with Crippen LogP contribution < -0.4 is 15.8 Å². The van der Waals surface area contributed by atoms with Crippen molar-refractivity contribution in [2.45, 2.75) is 37.8 Å². The monoisotopic (exact) mass is 322 g/mol. The van der Waals surface area contributed by atoms with Gasteiger partial charge in [0.15, 0.2) is 0 Å². The van der Waals surface area contributed by atoms with Crippen molar-refractivity contribution in [2.75, 3.05) is 19.8 Å². The standard InChI is InChI=1S/C17H23FN2O3/c18-12-3-4-15-13(10-12)14(2-1-7-23-15)20-17(21)16(19)11-5-8-22-9-6-11/h3-4,10-11,14,16H,1-2,5-9,19H2,(H,20,21). The lowest BCUT2D eigenvalue weighted by molar-refractivity contribution is -0.125. The number of carbonyl (C=O) groups is 1. The van der Waals surface area contributed by atoms with Crippen molar-refractivity contribution < 1.29 is 18.7 Å². The molecule has 3 N–H and O–H groups in total. The van der Waals surface area contributed by atoms with Crippen LogP contribution in [0.4, 0.5) is 4.39 Å². The second-order valence-electron chi connectivity index (χ2n) is 6.21. The maximum atomic E-state index is 13.6. The van der Waals surface area contributed by atoms with Gasteiger partial charge in [-0.15, -0.1) is 0 Å². The van der Waals surface area contributed by atoms with Crippen molar-refractivity contribution in [1.82, 2.24) is 5.32 Å². The zero-order valence-electron chi connectivity index (χ0n) is 13.1. The Hall–Kier alpha value is -1.66. The average molecular weight is 322 g/mol. The van der Waals surface area contributed by atoms with Crippen molar-refractivity contribution in [2.24, 2.45) is 11.7 Å². The number of carbonyl (C=O) groups excluding carboxylic acids is 1. The van der Waals surface area contributed by atoms with E-state index >= 15 is 0 Å². The molecule has 2 atom stereocenters. The predicted octanol–water partition coefficient (Wildman–Crippen LogP) is 1.91. The zero-order chi connectivity index (χ0) is 16.2. The molecule has 2 heterocycles. The van der Waals surface area contributed by atoms with E-state index in [1.165, 1.54) is 12.1 Å². The molecule has 0 radical (unpaired) electrons. The van der Waals surface area contributed by atoms with Gasteiger partial charge in [0.1, 0.15) is 11.6 Å². The minimum Gasteiger partial charge on any atom is -0.493 e. The lowest BCUT2D eigenvalue weighted by Crippen LogP contribution is -2.48. The second kappa shape index (κ2) is 7.27. The van der Waals surface area contributed by atoms with E-state index in [9.17, 15) is 9.18 Å². The number of nitrogens with two attached hydrogens (primary N) is 1. The number of ether oxygens (including phenoxy) is 2. The highest BCUT2D eigenvalue weighted by Crippen LogP contribution is 2.32. The molecule has 0 aliphatic carbocycles. The molecule has 126 valence electrons. The van der Waals surface area contributed by atoms with Gasteiger partial charge in [-0.1, -0.05) is 0 Å². The van der Waals surface area contributed by atoms with Crippen molar-refractivity contribution in [1.29, 1.82) is 0 Å². The normalized spacial score (nSPS) is 23.3. The SMILES string of the molecule is NC(C(=O)NC1CCCOc2ccc(F)cc21)C1CCOCC1. The molecule has 2 unspecified atom stereocenters. The molecule has 1 aromatic carbocycles. The Kier molecular flexibility index (Phi) is 5.13. The van der Waals surface area contributed by atoms with E-state index in [0.29, 0.717) is 37.6 Å². The maximum absolute atomic E-state index is 13.6. The molecule has 2 aliphatic rings. The minimum absolute atomic E-state index is 0.137. The van der Waals surface area contributed by atoms with Crippen molar-refractivity contribution in [3.63, 3.8) is 0 Å². The van der Waals surface area contributed by atoms with Gasteiger partial charge in [0.05, 0.1) is 18.7 Å². The fourth-order valence-electron chi connectivity index (χ4n) is 3.26. The van der Waals surface area contributed by atoms with Gasteiger partial charge in [-0.25, -0.2) is 4.39 Å². The average Bonchev–Trinajstić information content (AvgIpc) is 2.77. The summed E-state index contributed by atoms with van der Waals surface area (Å²) in [5.74, 6) is 0.257. The molecule has 3 rings (SSSR count). The third-order valence-corrected chi connectivity index (χ3v) is 4.64. The first kappa shape index (κ1) is 16.2. The van der Waals surface area contributed by atoms with Crippen LogP contribution in [0.25, 0.3) is 0 Å². The van der Waals surface area contributed by atoms with Crippen LogP contribution in [0.15, 0.2) is 18.2 Å². The van der Waals surface area contributed by atoms with Crippen LogP contribution in [0.3, 0.4) is 0 Å². The van der Waals surface area contributed by atoms with Gasteiger partial charge >= 0.3 is 0 Å². The second-order valence-corrected chi connectivity index (χ2v) is 6.21. The highest BCUT2D eigenvalue weighted by molar-refractivity contribution is 5.82. The van der Waals surface area contributed by atoms with Gasteiger partial charge in [0.25, 0.3) is 0 Å². The molecule has 0 saturated carbocycles. The number of nitrogens with one attached hydrogen (secondary N) is 1. The number of benzene rings is 1. The minimum atomic E-state index is -0.555. The van der Waals surface area contributed by atoms with Gasteiger partial charge in [0.2, 0.25) is 5.91 Å². The number of hydrogen-bond donors (Lipinski definition) is 2. The van der Waals surface area contributed by atoms with Gasteiger partial charge < -0.3 is 20.5 Å². The van der Waals surface area contributed by atoms with E-state index in [1.807, 2.05) is 0 Å². The highest BCUT2D eigenvalue weighted by atomic mass is 19.1. The summed E-state index contributed by atoms with van der Waals surface area (Å²) in [7, 11) is 0. The van der Waals surface area contributed by atoms with Crippen molar-refractivity contribution >= 4 is 5.91 Å². The maximum Gasteiger partial charge on any atom is 0.237 e. The van der Waals surface area contributed by atoms with Crippen LogP contribution in [0.1, 0.15) is 37.3 Å². The first-order valence-corrected chi connectivity index (χ1v) is 8.21. The van der Waals surface area contributed by atoms with Crippen LogP contribution in [-0.2, 0) is 9.53 Å². The molecule has 0 aromatic heterocycles.